The molecule has 0 spiro atoms. The molecule has 0 saturated carbocycles. The van der Waals surface area contributed by atoms with Gasteiger partial charge in [0.05, 0.1) is 23.3 Å². The minimum absolute atomic E-state index is 0.541. The smallest absolute Gasteiger partial charge is 0.0994 e. The van der Waals surface area contributed by atoms with Crippen LogP contribution in [0.5, 0.6) is 0 Å². The first-order valence-corrected chi connectivity index (χ1v) is 4.39. The molecule has 0 aliphatic carbocycles. The van der Waals surface area contributed by atoms with Crippen LogP contribution in [-0.2, 0) is 6.42 Å². The summed E-state index contributed by atoms with van der Waals surface area (Å²) in [5.41, 5.74) is 2.14. The van der Waals surface area contributed by atoms with Crippen molar-refractivity contribution in [2.75, 3.05) is 0 Å². The Morgan fingerprint density at radius 3 is 2.43 bits per heavy atom. The highest BCUT2D eigenvalue weighted by Gasteiger charge is 2.05. The summed E-state index contributed by atoms with van der Waals surface area (Å²) in [4.78, 5) is 0. The van der Waals surface area contributed by atoms with E-state index in [2.05, 4.69) is 6.07 Å². The minimum Gasteiger partial charge on any atom is -0.192 e. The molecule has 0 N–H and O–H groups in total. The van der Waals surface area contributed by atoms with Crippen molar-refractivity contribution >= 4 is 0 Å². The molecule has 14 heavy (non-hydrogen) atoms. The van der Waals surface area contributed by atoms with Gasteiger partial charge >= 0.3 is 0 Å². The summed E-state index contributed by atoms with van der Waals surface area (Å²) in [6.07, 6.45) is 0.800. The Labute approximate surface area is 84.4 Å². The van der Waals surface area contributed by atoms with Gasteiger partial charge in [-0.25, -0.2) is 0 Å². The first-order valence-electron chi connectivity index (χ1n) is 4.39. The van der Waals surface area contributed by atoms with Gasteiger partial charge in [0, 0.05) is 0 Å². The van der Waals surface area contributed by atoms with Gasteiger partial charge in [0.1, 0.15) is 0 Å². The fourth-order valence-electron chi connectivity index (χ4n) is 1.29. The third-order valence-corrected chi connectivity index (χ3v) is 1.90. The van der Waals surface area contributed by atoms with E-state index in [-0.39, 0.29) is 0 Å². The summed E-state index contributed by atoms with van der Waals surface area (Å²) in [7, 11) is 0. The first kappa shape index (κ1) is 10.3. The minimum atomic E-state index is 0.541. The number of hydrogen-bond donors (Lipinski definition) is 0. The van der Waals surface area contributed by atoms with E-state index in [1.54, 1.807) is 12.1 Å². The van der Waals surface area contributed by atoms with Gasteiger partial charge in [-0.1, -0.05) is 19.9 Å². The average molecular weight is 183 g/mol. The van der Waals surface area contributed by atoms with Gasteiger partial charge in [0.25, 0.3) is 0 Å². The molecule has 0 aliphatic rings. The third kappa shape index (κ3) is 2.34. The molecule has 2 nitrogen and oxygen atoms in total. The van der Waals surface area contributed by atoms with E-state index in [9.17, 15) is 0 Å². The largest absolute Gasteiger partial charge is 0.192 e. The second-order valence-electron chi connectivity index (χ2n) is 3.48. The van der Waals surface area contributed by atoms with Crippen molar-refractivity contribution in [1.82, 2.24) is 0 Å². The van der Waals surface area contributed by atoms with E-state index in [1.807, 2.05) is 26.0 Å². The Hall–Kier alpha value is -1.80. The average Bonchev–Trinajstić information content (AvgIpc) is 2.17. The van der Waals surface area contributed by atoms with Crippen LogP contribution in [0.2, 0.25) is 0 Å². The molecule has 0 aliphatic heterocycles. The summed E-state index contributed by atoms with van der Waals surface area (Å²) in [5, 5.41) is 17.5. The standard InChI is InChI=1S/C12H11N2/c1-9(2)5-11-4-3-10(7-13)6-12(11)8-14/h3-4,6H,5H2,1-2H3. The Bertz CT molecular complexity index is 405. The molecule has 0 aromatic heterocycles. The fraction of sp³-hybridized carbons (Fsp3) is 0.250. The van der Waals surface area contributed by atoms with Gasteiger partial charge in [0.2, 0.25) is 0 Å². The second kappa shape index (κ2) is 4.44. The van der Waals surface area contributed by atoms with Crippen LogP contribution < -0.4 is 0 Å². The third-order valence-electron chi connectivity index (χ3n) is 1.90. The number of rotatable bonds is 2. The lowest BCUT2D eigenvalue weighted by Crippen LogP contribution is -1.96. The zero-order valence-corrected chi connectivity index (χ0v) is 8.33. The Morgan fingerprint density at radius 1 is 1.21 bits per heavy atom. The molecule has 0 fully saturated rings. The molecule has 0 atom stereocenters. The molecular formula is C12H11N2. The summed E-state index contributed by atoms with van der Waals surface area (Å²) < 4.78 is 0. The van der Waals surface area contributed by atoms with Crippen LogP contribution in [-0.4, -0.2) is 0 Å². The topological polar surface area (TPSA) is 47.6 Å². The lowest BCUT2D eigenvalue weighted by atomic mass is 9.97. The molecule has 0 amide bonds. The normalized spacial score (nSPS) is 9.50. The molecule has 0 heterocycles. The van der Waals surface area contributed by atoms with Crippen LogP contribution in [0, 0.1) is 28.6 Å². The fourth-order valence-corrected chi connectivity index (χ4v) is 1.29. The molecule has 0 bridgehead atoms. The highest BCUT2D eigenvalue weighted by molar-refractivity contribution is 5.45. The first-order chi connectivity index (χ1) is 6.67. The van der Waals surface area contributed by atoms with Gasteiger partial charge in [-0.3, -0.25) is 0 Å². The quantitative estimate of drug-likeness (QED) is 0.707. The van der Waals surface area contributed by atoms with Crippen LogP contribution in [0.1, 0.15) is 30.5 Å². The van der Waals surface area contributed by atoms with Gasteiger partial charge in [-0.15, -0.1) is 0 Å². The van der Waals surface area contributed by atoms with Gasteiger partial charge in [0.15, 0.2) is 0 Å². The van der Waals surface area contributed by atoms with Crippen molar-refractivity contribution in [2.45, 2.75) is 20.3 Å². The van der Waals surface area contributed by atoms with E-state index < -0.39 is 0 Å². The maximum absolute atomic E-state index is 8.88. The van der Waals surface area contributed by atoms with E-state index in [4.69, 9.17) is 10.5 Å². The molecule has 1 aromatic rings. The van der Waals surface area contributed by atoms with Crippen molar-refractivity contribution in [2.24, 2.45) is 0 Å². The van der Waals surface area contributed by atoms with Gasteiger partial charge in [-0.05, 0) is 30.0 Å². The number of benzene rings is 1. The van der Waals surface area contributed by atoms with Crippen molar-refractivity contribution in [3.8, 4) is 12.1 Å². The van der Waals surface area contributed by atoms with Crippen LogP contribution >= 0.6 is 0 Å². The molecular weight excluding hydrogens is 172 g/mol. The molecule has 69 valence electrons. The Morgan fingerprint density at radius 2 is 1.93 bits per heavy atom. The summed E-state index contributed by atoms with van der Waals surface area (Å²) in [6, 6.07) is 9.37. The lowest BCUT2D eigenvalue weighted by Gasteiger charge is -2.06. The Kier molecular flexibility index (Phi) is 3.26. The lowest BCUT2D eigenvalue weighted by molar-refractivity contribution is 0.953. The molecule has 1 radical (unpaired) electrons. The molecule has 2 heteroatoms. The van der Waals surface area contributed by atoms with E-state index in [0.29, 0.717) is 11.1 Å². The van der Waals surface area contributed by atoms with Crippen molar-refractivity contribution < 1.29 is 0 Å². The van der Waals surface area contributed by atoms with Crippen LogP contribution in [0.4, 0.5) is 0 Å². The predicted molar refractivity (Wildman–Crippen MR) is 54.2 cm³/mol. The van der Waals surface area contributed by atoms with E-state index >= 15 is 0 Å². The maximum Gasteiger partial charge on any atom is 0.0994 e. The SMILES string of the molecule is C[C](C)Cc1ccc(C#N)cc1C#N. The highest BCUT2D eigenvalue weighted by atomic mass is 14.3. The number of hydrogen-bond acceptors (Lipinski definition) is 2. The maximum atomic E-state index is 8.88. The molecule has 0 unspecified atom stereocenters. The van der Waals surface area contributed by atoms with Crippen molar-refractivity contribution in [1.29, 1.82) is 10.5 Å². The van der Waals surface area contributed by atoms with Gasteiger partial charge < -0.3 is 0 Å². The highest BCUT2D eigenvalue weighted by Crippen LogP contribution is 2.15. The monoisotopic (exact) mass is 183 g/mol. The molecule has 0 saturated heterocycles. The van der Waals surface area contributed by atoms with Crippen LogP contribution in [0.25, 0.3) is 0 Å². The zero-order chi connectivity index (χ0) is 10.6. The van der Waals surface area contributed by atoms with Crippen molar-refractivity contribution in [3.05, 3.63) is 40.8 Å². The number of nitriles is 2. The molecule has 1 rings (SSSR count). The second-order valence-corrected chi connectivity index (χ2v) is 3.48. The van der Waals surface area contributed by atoms with Crippen LogP contribution in [0.15, 0.2) is 18.2 Å². The zero-order valence-electron chi connectivity index (χ0n) is 8.33. The summed E-state index contributed by atoms with van der Waals surface area (Å²) in [5.74, 6) is 1.26. The van der Waals surface area contributed by atoms with Gasteiger partial charge in [-0.2, -0.15) is 10.5 Å². The molecule has 1 aromatic carbocycles. The van der Waals surface area contributed by atoms with E-state index in [1.165, 1.54) is 5.92 Å². The van der Waals surface area contributed by atoms with Crippen LogP contribution in [0.3, 0.4) is 0 Å². The van der Waals surface area contributed by atoms with E-state index in [0.717, 1.165) is 12.0 Å². The predicted octanol–water partition coefficient (Wildman–Crippen LogP) is 2.59. The summed E-state index contributed by atoms with van der Waals surface area (Å²) >= 11 is 0. The van der Waals surface area contributed by atoms with Crippen molar-refractivity contribution in [3.63, 3.8) is 0 Å². The Balaban J connectivity index is 3.08. The number of nitrogens with zero attached hydrogens (tertiary/aromatic N) is 2. The summed E-state index contributed by atoms with van der Waals surface area (Å²) in [6.45, 7) is 4.05.